The molecular weight excluding hydrogens is 350 g/mol. The summed E-state index contributed by atoms with van der Waals surface area (Å²) in [5.41, 5.74) is 2.22. The molecule has 5 heteroatoms. The number of carbonyl (C=O) groups is 2. The highest BCUT2D eigenvalue weighted by molar-refractivity contribution is 5.79. The maximum absolute atomic E-state index is 13.0. The van der Waals surface area contributed by atoms with E-state index < -0.39 is 0 Å². The summed E-state index contributed by atoms with van der Waals surface area (Å²) in [6, 6.07) is 20.3. The summed E-state index contributed by atoms with van der Waals surface area (Å²) < 4.78 is 0. The molecule has 2 aliphatic heterocycles. The van der Waals surface area contributed by atoms with Crippen LogP contribution in [0.1, 0.15) is 42.9 Å². The van der Waals surface area contributed by atoms with Gasteiger partial charge in [-0.15, -0.1) is 0 Å². The van der Waals surface area contributed by atoms with Gasteiger partial charge in [-0.1, -0.05) is 60.7 Å². The number of piperidine rings is 1. The molecule has 2 fully saturated rings. The summed E-state index contributed by atoms with van der Waals surface area (Å²) in [4.78, 5) is 26.5. The first-order valence-electron chi connectivity index (χ1n) is 10.1. The quantitative estimate of drug-likeness (QED) is 0.858. The van der Waals surface area contributed by atoms with E-state index in [4.69, 9.17) is 0 Å². The van der Waals surface area contributed by atoms with E-state index in [2.05, 4.69) is 34.9 Å². The molecule has 1 unspecified atom stereocenters. The lowest BCUT2D eigenvalue weighted by molar-refractivity contribution is -0.120. The first kappa shape index (κ1) is 18.5. The zero-order valence-electron chi connectivity index (χ0n) is 16.1. The van der Waals surface area contributed by atoms with Gasteiger partial charge in [-0.2, -0.15) is 0 Å². The molecule has 2 aliphatic rings. The molecule has 0 aliphatic carbocycles. The fraction of sp³-hybridized carbons (Fsp3) is 0.391. The van der Waals surface area contributed by atoms with E-state index in [1.807, 2.05) is 41.3 Å². The van der Waals surface area contributed by atoms with Gasteiger partial charge >= 0.3 is 6.03 Å². The van der Waals surface area contributed by atoms with Gasteiger partial charge in [0.1, 0.15) is 0 Å². The Labute approximate surface area is 166 Å². The van der Waals surface area contributed by atoms with Gasteiger partial charge in [0.25, 0.3) is 0 Å². The van der Waals surface area contributed by atoms with Crippen LogP contribution < -0.4 is 10.6 Å². The van der Waals surface area contributed by atoms with Gasteiger partial charge in [-0.3, -0.25) is 4.79 Å². The number of hydrogen-bond donors (Lipinski definition) is 2. The number of hydrogen-bond acceptors (Lipinski definition) is 2. The van der Waals surface area contributed by atoms with Crippen molar-refractivity contribution in [2.45, 2.75) is 43.7 Å². The van der Waals surface area contributed by atoms with Crippen molar-refractivity contribution in [1.29, 1.82) is 0 Å². The van der Waals surface area contributed by atoms with Crippen molar-refractivity contribution >= 4 is 11.9 Å². The molecular formula is C23H27N3O2. The minimum absolute atomic E-state index is 0.0241. The van der Waals surface area contributed by atoms with Crippen LogP contribution in [0, 0.1) is 0 Å². The zero-order valence-corrected chi connectivity index (χ0v) is 16.1. The van der Waals surface area contributed by atoms with E-state index in [1.54, 1.807) is 0 Å². The number of nitrogens with zero attached hydrogens (tertiary/aromatic N) is 1. The minimum atomic E-state index is -0.0866. The maximum Gasteiger partial charge on any atom is 0.317 e. The highest BCUT2D eigenvalue weighted by Crippen LogP contribution is 2.31. The van der Waals surface area contributed by atoms with E-state index in [9.17, 15) is 9.59 Å². The van der Waals surface area contributed by atoms with E-state index in [0.717, 1.165) is 31.2 Å². The third-order valence-corrected chi connectivity index (χ3v) is 6.03. The molecule has 4 rings (SSSR count). The topological polar surface area (TPSA) is 61.4 Å². The standard InChI is InChI=1S/C23H27N3O2/c27-21-11-12-23(25-21)13-15-26(16-14-23)22(28)24-20(19-9-5-2-6-10-19)17-18-7-3-1-4-8-18/h1-10,20H,11-17H2,(H,24,28)(H,25,27). The Morgan fingerprint density at radius 3 is 2.25 bits per heavy atom. The monoisotopic (exact) mass is 377 g/mol. The number of amides is 3. The number of rotatable bonds is 4. The lowest BCUT2D eigenvalue weighted by Gasteiger charge is -2.39. The molecule has 0 saturated carbocycles. The number of benzene rings is 2. The summed E-state index contributed by atoms with van der Waals surface area (Å²) in [6.07, 6.45) is 3.92. The molecule has 1 atom stereocenters. The number of nitrogens with one attached hydrogen (secondary N) is 2. The van der Waals surface area contributed by atoms with Crippen LogP contribution in [0.3, 0.4) is 0 Å². The van der Waals surface area contributed by atoms with E-state index in [1.165, 1.54) is 5.56 Å². The molecule has 0 bridgehead atoms. The molecule has 2 N–H and O–H groups in total. The molecule has 0 radical (unpaired) electrons. The Morgan fingerprint density at radius 1 is 1.00 bits per heavy atom. The average molecular weight is 377 g/mol. The molecule has 2 aromatic carbocycles. The molecule has 5 nitrogen and oxygen atoms in total. The predicted octanol–water partition coefficient (Wildman–Crippen LogP) is 3.42. The smallest absolute Gasteiger partial charge is 0.317 e. The lowest BCUT2D eigenvalue weighted by atomic mass is 9.86. The fourth-order valence-corrected chi connectivity index (χ4v) is 4.31. The number of carbonyl (C=O) groups excluding carboxylic acids is 2. The maximum atomic E-state index is 13.0. The van der Waals surface area contributed by atoms with Crippen molar-refractivity contribution in [3.8, 4) is 0 Å². The van der Waals surface area contributed by atoms with E-state index in [0.29, 0.717) is 19.5 Å². The van der Waals surface area contributed by atoms with Gasteiger partial charge in [0.05, 0.1) is 6.04 Å². The SMILES string of the molecule is O=C1CCC2(CCN(C(=O)NC(Cc3ccccc3)c3ccccc3)CC2)N1. The van der Waals surface area contributed by atoms with Gasteiger partial charge in [0.15, 0.2) is 0 Å². The highest BCUT2D eigenvalue weighted by Gasteiger charge is 2.41. The second kappa shape index (κ2) is 8.05. The van der Waals surface area contributed by atoms with Crippen molar-refractivity contribution < 1.29 is 9.59 Å². The van der Waals surface area contributed by atoms with Crippen LogP contribution in [0.5, 0.6) is 0 Å². The highest BCUT2D eigenvalue weighted by atomic mass is 16.2. The first-order chi connectivity index (χ1) is 13.6. The number of likely N-dealkylation sites (tertiary alicyclic amines) is 1. The van der Waals surface area contributed by atoms with Crippen LogP contribution in [0.25, 0.3) is 0 Å². The molecule has 146 valence electrons. The first-order valence-corrected chi connectivity index (χ1v) is 10.1. The van der Waals surface area contributed by atoms with E-state index in [-0.39, 0.29) is 23.5 Å². The second-order valence-corrected chi connectivity index (χ2v) is 7.92. The summed E-state index contributed by atoms with van der Waals surface area (Å²) in [5.74, 6) is 0.143. The third kappa shape index (κ3) is 4.19. The van der Waals surface area contributed by atoms with Crippen LogP contribution in [0.4, 0.5) is 4.79 Å². The van der Waals surface area contributed by atoms with Gasteiger partial charge < -0.3 is 15.5 Å². The van der Waals surface area contributed by atoms with Crippen molar-refractivity contribution in [3.05, 3.63) is 71.8 Å². The van der Waals surface area contributed by atoms with Gasteiger partial charge in [0.2, 0.25) is 5.91 Å². The normalized spacial score (nSPS) is 19.3. The predicted molar refractivity (Wildman–Crippen MR) is 109 cm³/mol. The van der Waals surface area contributed by atoms with Crippen molar-refractivity contribution in [2.24, 2.45) is 0 Å². The van der Waals surface area contributed by atoms with Crippen LogP contribution in [-0.2, 0) is 11.2 Å². The Hall–Kier alpha value is -2.82. The molecule has 1 spiro atoms. The zero-order chi connectivity index (χ0) is 19.4. The van der Waals surface area contributed by atoms with Crippen molar-refractivity contribution in [1.82, 2.24) is 15.5 Å². The van der Waals surface area contributed by atoms with Gasteiger partial charge in [0, 0.05) is 25.0 Å². The Bertz CT molecular complexity index is 814. The van der Waals surface area contributed by atoms with Crippen LogP contribution in [0.2, 0.25) is 0 Å². The lowest BCUT2D eigenvalue weighted by Crippen LogP contribution is -2.54. The summed E-state index contributed by atoms with van der Waals surface area (Å²) in [5, 5.41) is 6.37. The fourth-order valence-electron chi connectivity index (χ4n) is 4.31. The molecule has 3 amide bonds. The van der Waals surface area contributed by atoms with E-state index >= 15 is 0 Å². The molecule has 2 heterocycles. The molecule has 0 aromatic heterocycles. The largest absolute Gasteiger partial charge is 0.351 e. The Balaban J connectivity index is 1.42. The van der Waals surface area contributed by atoms with Crippen LogP contribution in [-0.4, -0.2) is 35.5 Å². The summed E-state index contributed by atoms with van der Waals surface area (Å²) in [6.45, 7) is 1.36. The number of urea groups is 1. The minimum Gasteiger partial charge on any atom is -0.351 e. The second-order valence-electron chi connectivity index (χ2n) is 7.92. The molecule has 28 heavy (non-hydrogen) atoms. The van der Waals surface area contributed by atoms with Gasteiger partial charge in [-0.25, -0.2) is 4.79 Å². The van der Waals surface area contributed by atoms with Crippen LogP contribution >= 0.6 is 0 Å². The third-order valence-electron chi connectivity index (χ3n) is 6.03. The van der Waals surface area contributed by atoms with Crippen molar-refractivity contribution in [3.63, 3.8) is 0 Å². The summed E-state index contributed by atoms with van der Waals surface area (Å²) in [7, 11) is 0. The molecule has 2 saturated heterocycles. The van der Waals surface area contributed by atoms with Crippen LogP contribution in [0.15, 0.2) is 60.7 Å². The average Bonchev–Trinajstić information content (AvgIpc) is 3.09. The summed E-state index contributed by atoms with van der Waals surface area (Å²) >= 11 is 0. The molecule has 2 aromatic rings. The van der Waals surface area contributed by atoms with Crippen molar-refractivity contribution in [2.75, 3.05) is 13.1 Å². The Morgan fingerprint density at radius 2 is 1.64 bits per heavy atom. The van der Waals surface area contributed by atoms with Gasteiger partial charge in [-0.05, 0) is 36.8 Å². The Kier molecular flexibility index (Phi) is 5.33.